The number of rotatable bonds is 2. The Balaban J connectivity index is 2.18. The Hall–Kier alpha value is -1.11. The number of sulfone groups is 1. The summed E-state index contributed by atoms with van der Waals surface area (Å²) in [5, 5.41) is 2.60. The summed E-state index contributed by atoms with van der Waals surface area (Å²) in [5.74, 6) is -0.334. The molecule has 0 bridgehead atoms. The molecular weight excluding hydrogens is 244 g/mol. The average molecular weight is 260 g/mol. The highest BCUT2D eigenvalue weighted by molar-refractivity contribution is 7.91. The zero-order chi connectivity index (χ0) is 12.8. The maximum absolute atomic E-state index is 12.0. The first-order valence-electron chi connectivity index (χ1n) is 5.66. The second-order valence-electron chi connectivity index (χ2n) is 4.94. The van der Waals surface area contributed by atoms with Crippen molar-refractivity contribution in [1.29, 1.82) is 0 Å². The zero-order valence-electron chi connectivity index (χ0n) is 9.84. The molecule has 0 saturated carbocycles. The van der Waals surface area contributed by atoms with Crippen molar-refractivity contribution in [2.24, 2.45) is 5.92 Å². The van der Waals surface area contributed by atoms with Gasteiger partial charge < -0.3 is 5.32 Å². The minimum Gasteiger partial charge on any atom is -0.326 e. The first kappa shape index (κ1) is 12.3. The second-order valence-corrected chi connectivity index (χ2v) is 7.16. The van der Waals surface area contributed by atoms with Crippen LogP contribution in [-0.4, -0.2) is 48.8 Å². The first-order chi connectivity index (χ1) is 7.82. The Morgan fingerprint density at radius 3 is 2.41 bits per heavy atom. The topological polar surface area (TPSA) is 83.6 Å². The Bertz CT molecular complexity index is 457. The van der Waals surface area contributed by atoms with Crippen LogP contribution in [0.15, 0.2) is 0 Å². The van der Waals surface area contributed by atoms with Gasteiger partial charge in [0.2, 0.25) is 0 Å². The van der Waals surface area contributed by atoms with Crippen molar-refractivity contribution >= 4 is 21.8 Å². The van der Waals surface area contributed by atoms with Crippen LogP contribution in [0, 0.1) is 5.92 Å². The number of carbonyl (C=O) groups excluding carboxylic acids is 2. The number of amides is 3. The van der Waals surface area contributed by atoms with Gasteiger partial charge in [-0.15, -0.1) is 0 Å². The Labute approximate surface area is 100 Å². The molecule has 2 fully saturated rings. The van der Waals surface area contributed by atoms with Gasteiger partial charge in [-0.2, -0.15) is 0 Å². The molecule has 0 aromatic rings. The van der Waals surface area contributed by atoms with Gasteiger partial charge in [0.1, 0.15) is 6.04 Å². The highest BCUT2D eigenvalue weighted by atomic mass is 32.2. The van der Waals surface area contributed by atoms with E-state index in [9.17, 15) is 18.0 Å². The number of hydrogen-bond acceptors (Lipinski definition) is 4. The fourth-order valence-electron chi connectivity index (χ4n) is 2.29. The second kappa shape index (κ2) is 3.97. The van der Waals surface area contributed by atoms with E-state index in [4.69, 9.17) is 0 Å². The van der Waals surface area contributed by atoms with Gasteiger partial charge in [-0.3, -0.25) is 9.69 Å². The molecule has 0 unspecified atom stereocenters. The lowest BCUT2D eigenvalue weighted by molar-refractivity contribution is -0.129. The van der Waals surface area contributed by atoms with Crippen LogP contribution in [0.3, 0.4) is 0 Å². The minimum atomic E-state index is -3.09. The molecule has 2 atom stereocenters. The van der Waals surface area contributed by atoms with Gasteiger partial charge >= 0.3 is 6.03 Å². The van der Waals surface area contributed by atoms with Gasteiger partial charge in [-0.25, -0.2) is 13.2 Å². The van der Waals surface area contributed by atoms with Gasteiger partial charge in [0, 0.05) is 0 Å². The molecule has 0 radical (unpaired) electrons. The van der Waals surface area contributed by atoms with E-state index in [0.29, 0.717) is 6.42 Å². The van der Waals surface area contributed by atoms with Crippen LogP contribution >= 0.6 is 0 Å². The SMILES string of the molecule is CC(C)[C@H]1NC(=O)N([C@@H]2CCS(=O)(=O)C2)C1=O. The summed E-state index contributed by atoms with van der Waals surface area (Å²) >= 11 is 0. The summed E-state index contributed by atoms with van der Waals surface area (Å²) in [4.78, 5) is 24.8. The fourth-order valence-corrected chi connectivity index (χ4v) is 3.99. The van der Waals surface area contributed by atoms with Crippen molar-refractivity contribution in [2.45, 2.75) is 32.4 Å². The summed E-state index contributed by atoms with van der Waals surface area (Å²) in [6.45, 7) is 3.69. The molecule has 2 aliphatic rings. The number of carbonyl (C=O) groups is 2. The van der Waals surface area contributed by atoms with Crippen molar-refractivity contribution in [3.05, 3.63) is 0 Å². The lowest BCUT2D eigenvalue weighted by Gasteiger charge is -2.19. The molecule has 2 rings (SSSR count). The third-order valence-corrected chi connectivity index (χ3v) is 4.99. The Kier molecular flexibility index (Phi) is 2.89. The minimum absolute atomic E-state index is 0.00876. The summed E-state index contributed by atoms with van der Waals surface area (Å²) in [7, 11) is -3.09. The van der Waals surface area contributed by atoms with Crippen molar-refractivity contribution < 1.29 is 18.0 Å². The van der Waals surface area contributed by atoms with Crippen molar-refractivity contribution in [3.63, 3.8) is 0 Å². The summed E-state index contributed by atoms with van der Waals surface area (Å²) < 4.78 is 22.7. The van der Waals surface area contributed by atoms with Crippen molar-refractivity contribution in [1.82, 2.24) is 10.2 Å². The van der Waals surface area contributed by atoms with Crippen LogP contribution in [0.1, 0.15) is 20.3 Å². The number of urea groups is 1. The maximum Gasteiger partial charge on any atom is 0.325 e. The molecule has 7 heteroatoms. The molecule has 0 aliphatic carbocycles. The van der Waals surface area contributed by atoms with Crippen molar-refractivity contribution in [2.75, 3.05) is 11.5 Å². The highest BCUT2D eigenvalue weighted by Gasteiger charge is 2.46. The van der Waals surface area contributed by atoms with Crippen molar-refractivity contribution in [3.8, 4) is 0 Å². The molecule has 3 amide bonds. The van der Waals surface area contributed by atoms with E-state index in [0.717, 1.165) is 4.90 Å². The fraction of sp³-hybridized carbons (Fsp3) is 0.800. The first-order valence-corrected chi connectivity index (χ1v) is 7.48. The molecule has 6 nitrogen and oxygen atoms in total. The molecule has 2 saturated heterocycles. The van der Waals surface area contributed by atoms with E-state index in [-0.39, 0.29) is 23.3 Å². The molecule has 2 aliphatic heterocycles. The third kappa shape index (κ3) is 2.15. The van der Waals surface area contributed by atoms with Crippen LogP contribution in [0.25, 0.3) is 0 Å². The van der Waals surface area contributed by atoms with E-state index in [1.54, 1.807) is 0 Å². The van der Waals surface area contributed by atoms with Crippen LogP contribution < -0.4 is 5.32 Å². The third-order valence-electron chi connectivity index (χ3n) is 3.24. The standard InChI is InChI=1S/C10H16N2O4S/c1-6(2)8-9(13)12(10(14)11-8)7-3-4-17(15,16)5-7/h6-8H,3-5H2,1-2H3,(H,11,14)/t7-,8-/m1/s1. The van der Waals surface area contributed by atoms with E-state index < -0.39 is 28.0 Å². The Morgan fingerprint density at radius 2 is 2.00 bits per heavy atom. The summed E-state index contributed by atoms with van der Waals surface area (Å²) in [6.07, 6.45) is 0.353. The quantitative estimate of drug-likeness (QED) is 0.694. The average Bonchev–Trinajstić information content (AvgIpc) is 2.67. The molecule has 17 heavy (non-hydrogen) atoms. The van der Waals surface area contributed by atoms with E-state index in [1.807, 2.05) is 13.8 Å². The van der Waals surface area contributed by atoms with Crippen LogP contribution in [0.4, 0.5) is 4.79 Å². The summed E-state index contributed by atoms with van der Waals surface area (Å²) in [5.41, 5.74) is 0. The predicted molar refractivity (Wildman–Crippen MR) is 61.1 cm³/mol. The van der Waals surface area contributed by atoms with Gasteiger partial charge in [0.15, 0.2) is 9.84 Å². The highest BCUT2D eigenvalue weighted by Crippen LogP contribution is 2.23. The van der Waals surface area contributed by atoms with Gasteiger partial charge in [0.05, 0.1) is 17.5 Å². The molecule has 1 N–H and O–H groups in total. The zero-order valence-corrected chi connectivity index (χ0v) is 10.7. The number of nitrogens with one attached hydrogen (secondary N) is 1. The van der Waals surface area contributed by atoms with Gasteiger partial charge in [-0.05, 0) is 12.3 Å². The molecule has 0 aromatic carbocycles. The Morgan fingerprint density at radius 1 is 1.35 bits per heavy atom. The lowest BCUT2D eigenvalue weighted by Crippen LogP contribution is -2.42. The van der Waals surface area contributed by atoms with Crippen LogP contribution in [-0.2, 0) is 14.6 Å². The predicted octanol–water partition coefficient (Wildman–Crippen LogP) is -0.250. The van der Waals surface area contributed by atoms with Crippen LogP contribution in [0.5, 0.6) is 0 Å². The van der Waals surface area contributed by atoms with E-state index >= 15 is 0 Å². The largest absolute Gasteiger partial charge is 0.326 e. The molecular formula is C10H16N2O4S. The molecule has 0 spiro atoms. The van der Waals surface area contributed by atoms with E-state index in [1.165, 1.54) is 0 Å². The van der Waals surface area contributed by atoms with Gasteiger partial charge in [-0.1, -0.05) is 13.8 Å². The molecule has 0 aromatic heterocycles. The number of hydrogen-bond donors (Lipinski definition) is 1. The summed E-state index contributed by atoms with van der Waals surface area (Å²) in [6, 6.07) is -1.47. The number of nitrogens with zero attached hydrogens (tertiary/aromatic N) is 1. The number of imide groups is 1. The monoisotopic (exact) mass is 260 g/mol. The van der Waals surface area contributed by atoms with Crippen LogP contribution in [0.2, 0.25) is 0 Å². The molecule has 2 heterocycles. The normalized spacial score (nSPS) is 32.3. The maximum atomic E-state index is 12.0. The van der Waals surface area contributed by atoms with Gasteiger partial charge in [0.25, 0.3) is 5.91 Å². The lowest BCUT2D eigenvalue weighted by atomic mass is 10.0. The van der Waals surface area contributed by atoms with E-state index in [2.05, 4.69) is 5.32 Å². The molecule has 96 valence electrons. The smallest absolute Gasteiger partial charge is 0.325 e.